The third-order valence-electron chi connectivity index (χ3n) is 2.41. The van der Waals surface area contributed by atoms with E-state index < -0.39 is 0 Å². The van der Waals surface area contributed by atoms with E-state index in [4.69, 9.17) is 12.2 Å². The Morgan fingerprint density at radius 2 is 1.94 bits per heavy atom. The van der Waals surface area contributed by atoms with E-state index >= 15 is 0 Å². The van der Waals surface area contributed by atoms with Crippen molar-refractivity contribution < 1.29 is 0 Å². The van der Waals surface area contributed by atoms with Crippen molar-refractivity contribution in [2.45, 2.75) is 39.7 Å². The van der Waals surface area contributed by atoms with E-state index in [1.165, 1.54) is 12.0 Å². The van der Waals surface area contributed by atoms with Crippen LogP contribution in [0, 0.1) is 6.92 Å². The Bertz CT molecular complexity index is 332. The zero-order chi connectivity index (χ0) is 12.0. The van der Waals surface area contributed by atoms with Crippen molar-refractivity contribution in [3.8, 4) is 0 Å². The maximum absolute atomic E-state index is 5.24. The molecule has 0 saturated heterocycles. The van der Waals surface area contributed by atoms with Crippen LogP contribution in [0.3, 0.4) is 0 Å². The van der Waals surface area contributed by atoms with Gasteiger partial charge in [0, 0.05) is 11.7 Å². The third kappa shape index (κ3) is 4.62. The molecule has 88 valence electrons. The van der Waals surface area contributed by atoms with Crippen molar-refractivity contribution in [3.63, 3.8) is 0 Å². The van der Waals surface area contributed by atoms with Crippen molar-refractivity contribution in [2.75, 3.05) is 5.32 Å². The van der Waals surface area contributed by atoms with Crippen molar-refractivity contribution in [1.29, 1.82) is 0 Å². The van der Waals surface area contributed by atoms with Gasteiger partial charge in [0.15, 0.2) is 5.11 Å². The van der Waals surface area contributed by atoms with Gasteiger partial charge in [0.25, 0.3) is 0 Å². The monoisotopic (exact) mass is 236 g/mol. The quantitative estimate of drug-likeness (QED) is 0.783. The van der Waals surface area contributed by atoms with Crippen LogP contribution in [-0.2, 0) is 0 Å². The molecule has 0 unspecified atom stereocenters. The minimum Gasteiger partial charge on any atom is -0.360 e. The number of thiocarbonyl (C=S) groups is 1. The Hall–Kier alpha value is -1.09. The lowest BCUT2D eigenvalue weighted by Gasteiger charge is -2.16. The van der Waals surface area contributed by atoms with Crippen LogP contribution in [0.4, 0.5) is 5.69 Å². The van der Waals surface area contributed by atoms with Gasteiger partial charge in [0.2, 0.25) is 0 Å². The molecule has 0 saturated carbocycles. The van der Waals surface area contributed by atoms with Gasteiger partial charge in [0.1, 0.15) is 0 Å². The van der Waals surface area contributed by atoms with Gasteiger partial charge in [-0.2, -0.15) is 0 Å². The summed E-state index contributed by atoms with van der Waals surface area (Å²) < 4.78 is 0. The molecule has 16 heavy (non-hydrogen) atoms. The molecular weight excluding hydrogens is 216 g/mol. The van der Waals surface area contributed by atoms with E-state index in [-0.39, 0.29) is 0 Å². The fourth-order valence-electron chi connectivity index (χ4n) is 1.53. The van der Waals surface area contributed by atoms with Gasteiger partial charge >= 0.3 is 0 Å². The first-order chi connectivity index (χ1) is 7.61. The molecule has 3 heteroatoms. The van der Waals surface area contributed by atoms with Gasteiger partial charge < -0.3 is 10.6 Å². The summed E-state index contributed by atoms with van der Waals surface area (Å²) in [5.41, 5.74) is 2.29. The standard InChI is InChI=1S/C13H20N2S/c1-4-5-11(3)14-13(16)15-12-8-6-10(2)7-9-12/h6-9,11H,4-5H2,1-3H3,(H2,14,15,16)/t11-/m1/s1. The topological polar surface area (TPSA) is 24.1 Å². The molecule has 0 fully saturated rings. The fraction of sp³-hybridized carbons (Fsp3) is 0.462. The highest BCUT2D eigenvalue weighted by molar-refractivity contribution is 7.80. The van der Waals surface area contributed by atoms with Crippen molar-refractivity contribution >= 4 is 23.0 Å². The highest BCUT2D eigenvalue weighted by Gasteiger charge is 2.02. The molecule has 0 aliphatic rings. The van der Waals surface area contributed by atoms with Gasteiger partial charge in [-0.1, -0.05) is 31.0 Å². The van der Waals surface area contributed by atoms with Crippen molar-refractivity contribution in [3.05, 3.63) is 29.8 Å². The molecule has 2 N–H and O–H groups in total. The molecule has 0 aromatic heterocycles. The largest absolute Gasteiger partial charge is 0.360 e. The smallest absolute Gasteiger partial charge is 0.170 e. The van der Waals surface area contributed by atoms with Crippen LogP contribution < -0.4 is 10.6 Å². The molecule has 0 radical (unpaired) electrons. The molecule has 1 rings (SSSR count). The summed E-state index contributed by atoms with van der Waals surface area (Å²) in [7, 11) is 0. The molecule has 0 amide bonds. The molecule has 0 spiro atoms. The van der Waals surface area contributed by atoms with E-state index in [0.717, 1.165) is 12.1 Å². The lowest BCUT2D eigenvalue weighted by Crippen LogP contribution is -2.35. The van der Waals surface area contributed by atoms with Crippen LogP contribution in [-0.4, -0.2) is 11.2 Å². The Kier molecular flexibility index (Phi) is 5.26. The van der Waals surface area contributed by atoms with Gasteiger partial charge in [-0.25, -0.2) is 0 Å². The van der Waals surface area contributed by atoms with Gasteiger partial charge in [-0.05, 0) is 44.6 Å². The fourth-order valence-corrected chi connectivity index (χ4v) is 1.85. The Balaban J connectivity index is 2.42. The molecule has 0 bridgehead atoms. The number of hydrogen-bond acceptors (Lipinski definition) is 1. The van der Waals surface area contributed by atoms with Crippen molar-refractivity contribution in [2.24, 2.45) is 0 Å². The molecule has 0 aliphatic carbocycles. The Morgan fingerprint density at radius 1 is 1.31 bits per heavy atom. The summed E-state index contributed by atoms with van der Waals surface area (Å²) in [6, 6.07) is 8.64. The van der Waals surface area contributed by atoms with Crippen LogP contribution in [0.5, 0.6) is 0 Å². The average molecular weight is 236 g/mol. The number of hydrogen-bond donors (Lipinski definition) is 2. The van der Waals surface area contributed by atoms with Crippen LogP contribution in [0.2, 0.25) is 0 Å². The second-order valence-corrected chi connectivity index (χ2v) is 4.56. The van der Waals surface area contributed by atoms with E-state index in [1.807, 2.05) is 12.1 Å². The molecule has 0 heterocycles. The Morgan fingerprint density at radius 3 is 2.50 bits per heavy atom. The van der Waals surface area contributed by atoms with E-state index in [2.05, 4.69) is 43.5 Å². The second-order valence-electron chi connectivity index (χ2n) is 4.15. The summed E-state index contributed by atoms with van der Waals surface area (Å²) >= 11 is 5.24. The summed E-state index contributed by atoms with van der Waals surface area (Å²) in [6.45, 7) is 6.39. The normalized spacial score (nSPS) is 11.9. The lowest BCUT2D eigenvalue weighted by molar-refractivity contribution is 0.599. The maximum Gasteiger partial charge on any atom is 0.170 e. The number of anilines is 1. The minimum absolute atomic E-state index is 0.426. The first-order valence-corrected chi connectivity index (χ1v) is 6.17. The highest BCUT2D eigenvalue weighted by atomic mass is 32.1. The molecule has 0 aliphatic heterocycles. The first kappa shape index (κ1) is 13.0. The van der Waals surface area contributed by atoms with Crippen LogP contribution in [0.15, 0.2) is 24.3 Å². The third-order valence-corrected chi connectivity index (χ3v) is 2.63. The second kappa shape index (κ2) is 6.48. The number of aryl methyl sites for hydroxylation is 1. The van der Waals surface area contributed by atoms with Gasteiger partial charge in [-0.15, -0.1) is 0 Å². The number of rotatable bonds is 4. The average Bonchev–Trinajstić information content (AvgIpc) is 2.21. The van der Waals surface area contributed by atoms with Crippen LogP contribution >= 0.6 is 12.2 Å². The molecule has 1 atom stereocenters. The summed E-state index contributed by atoms with van der Waals surface area (Å²) in [6.07, 6.45) is 2.30. The predicted molar refractivity (Wildman–Crippen MR) is 74.9 cm³/mol. The number of nitrogens with one attached hydrogen (secondary N) is 2. The first-order valence-electron chi connectivity index (χ1n) is 5.76. The molecular formula is C13H20N2S. The molecule has 1 aromatic rings. The zero-order valence-electron chi connectivity index (χ0n) is 10.2. The SMILES string of the molecule is CCC[C@@H](C)NC(=S)Nc1ccc(C)cc1. The highest BCUT2D eigenvalue weighted by Crippen LogP contribution is 2.08. The van der Waals surface area contributed by atoms with Gasteiger partial charge in [-0.3, -0.25) is 0 Å². The van der Waals surface area contributed by atoms with Crippen LogP contribution in [0.1, 0.15) is 32.3 Å². The lowest BCUT2D eigenvalue weighted by atomic mass is 10.2. The minimum atomic E-state index is 0.426. The summed E-state index contributed by atoms with van der Waals surface area (Å²) in [5.74, 6) is 0. The van der Waals surface area contributed by atoms with Crippen molar-refractivity contribution in [1.82, 2.24) is 5.32 Å². The van der Waals surface area contributed by atoms with Crippen LogP contribution in [0.25, 0.3) is 0 Å². The number of benzene rings is 1. The van der Waals surface area contributed by atoms with E-state index in [1.54, 1.807) is 0 Å². The molecule has 2 nitrogen and oxygen atoms in total. The summed E-state index contributed by atoms with van der Waals surface area (Å²) in [4.78, 5) is 0. The maximum atomic E-state index is 5.24. The summed E-state index contributed by atoms with van der Waals surface area (Å²) in [5, 5.41) is 7.14. The Labute approximate surface area is 103 Å². The van der Waals surface area contributed by atoms with Gasteiger partial charge in [0.05, 0.1) is 0 Å². The molecule has 1 aromatic carbocycles. The van der Waals surface area contributed by atoms with E-state index in [0.29, 0.717) is 11.2 Å². The van der Waals surface area contributed by atoms with E-state index in [9.17, 15) is 0 Å². The predicted octanol–water partition coefficient (Wildman–Crippen LogP) is 3.47. The zero-order valence-corrected chi connectivity index (χ0v) is 11.0.